The summed E-state index contributed by atoms with van der Waals surface area (Å²) in [6.45, 7) is 2.64. The fraction of sp³-hybridized carbons (Fsp3) is 0.438. The normalized spacial score (nSPS) is 15.8. The summed E-state index contributed by atoms with van der Waals surface area (Å²) in [4.78, 5) is 15.2. The lowest BCUT2D eigenvalue weighted by Gasteiger charge is -2.31. The van der Waals surface area contributed by atoms with Crippen LogP contribution in [0.1, 0.15) is 22.5 Å². The van der Waals surface area contributed by atoms with Crippen LogP contribution in [-0.4, -0.2) is 37.5 Å². The molecule has 0 bridgehead atoms. The Morgan fingerprint density at radius 1 is 1.36 bits per heavy atom. The lowest BCUT2D eigenvalue weighted by molar-refractivity contribution is 0.0696. The van der Waals surface area contributed by atoms with Crippen molar-refractivity contribution in [2.75, 3.05) is 26.7 Å². The van der Waals surface area contributed by atoms with E-state index in [-0.39, 0.29) is 24.1 Å². The average Bonchev–Trinajstić information content (AvgIpc) is 2.90. The Hall–Kier alpha value is -1.17. The van der Waals surface area contributed by atoms with Crippen LogP contribution in [0.25, 0.3) is 10.1 Å². The van der Waals surface area contributed by atoms with Crippen LogP contribution < -0.4 is 5.32 Å². The first-order chi connectivity index (χ1) is 10.2. The van der Waals surface area contributed by atoms with Gasteiger partial charge in [0.05, 0.1) is 4.88 Å². The van der Waals surface area contributed by atoms with Crippen LogP contribution in [0.5, 0.6) is 0 Å². The first kappa shape index (κ1) is 17.2. The number of nitrogens with one attached hydrogen (secondary N) is 1. The number of benzene rings is 1. The fourth-order valence-electron chi connectivity index (χ4n) is 2.90. The Labute approximate surface area is 139 Å². The zero-order valence-electron chi connectivity index (χ0n) is 12.5. The molecular formula is C16H20ClFN2OS. The van der Waals surface area contributed by atoms with Gasteiger partial charge in [-0.2, -0.15) is 0 Å². The van der Waals surface area contributed by atoms with E-state index in [2.05, 4.69) is 5.32 Å². The molecule has 1 N–H and O–H groups in total. The maximum Gasteiger partial charge on any atom is 0.263 e. The van der Waals surface area contributed by atoms with Gasteiger partial charge in [-0.3, -0.25) is 4.79 Å². The summed E-state index contributed by atoms with van der Waals surface area (Å²) < 4.78 is 14.2. The SMILES string of the molecule is CNCC1CCN(C(=O)c2cc3cc(F)ccc3s2)CC1.Cl. The second-order valence-electron chi connectivity index (χ2n) is 5.59. The van der Waals surface area contributed by atoms with Crippen molar-refractivity contribution in [3.05, 3.63) is 35.0 Å². The Morgan fingerprint density at radius 3 is 2.77 bits per heavy atom. The molecule has 0 atom stereocenters. The lowest BCUT2D eigenvalue weighted by atomic mass is 9.97. The molecule has 1 aromatic heterocycles. The molecule has 6 heteroatoms. The lowest BCUT2D eigenvalue weighted by Crippen LogP contribution is -2.40. The molecular weight excluding hydrogens is 323 g/mol. The van der Waals surface area contributed by atoms with Gasteiger partial charge < -0.3 is 10.2 Å². The summed E-state index contributed by atoms with van der Waals surface area (Å²) in [5.41, 5.74) is 0. The predicted octanol–water partition coefficient (Wildman–Crippen LogP) is 3.53. The molecule has 2 aromatic rings. The molecule has 2 heterocycles. The predicted molar refractivity (Wildman–Crippen MR) is 91.6 cm³/mol. The monoisotopic (exact) mass is 342 g/mol. The zero-order valence-corrected chi connectivity index (χ0v) is 14.1. The average molecular weight is 343 g/mol. The number of nitrogens with zero attached hydrogens (tertiary/aromatic N) is 1. The molecule has 1 aliphatic heterocycles. The van der Waals surface area contributed by atoms with Crippen LogP contribution in [0.3, 0.4) is 0 Å². The van der Waals surface area contributed by atoms with Gasteiger partial charge in [0.25, 0.3) is 5.91 Å². The summed E-state index contributed by atoms with van der Waals surface area (Å²) in [6.07, 6.45) is 2.10. The number of carbonyl (C=O) groups is 1. The van der Waals surface area contributed by atoms with Crippen LogP contribution in [0, 0.1) is 11.7 Å². The number of likely N-dealkylation sites (tertiary alicyclic amines) is 1. The largest absolute Gasteiger partial charge is 0.338 e. The number of hydrogen-bond donors (Lipinski definition) is 1. The van der Waals surface area contributed by atoms with E-state index in [1.54, 1.807) is 6.07 Å². The Kier molecular flexibility index (Phi) is 5.78. The van der Waals surface area contributed by atoms with Gasteiger partial charge in [-0.15, -0.1) is 23.7 Å². The number of thiophene rings is 1. The highest BCUT2D eigenvalue weighted by Crippen LogP contribution is 2.28. The third kappa shape index (κ3) is 3.59. The smallest absolute Gasteiger partial charge is 0.263 e. The van der Waals surface area contributed by atoms with E-state index in [0.29, 0.717) is 10.8 Å². The van der Waals surface area contributed by atoms with E-state index in [1.165, 1.54) is 23.5 Å². The van der Waals surface area contributed by atoms with Crippen molar-refractivity contribution < 1.29 is 9.18 Å². The van der Waals surface area contributed by atoms with Crippen molar-refractivity contribution in [3.63, 3.8) is 0 Å². The van der Waals surface area contributed by atoms with Gasteiger partial charge >= 0.3 is 0 Å². The molecule has 0 saturated carbocycles. The molecule has 0 unspecified atom stereocenters. The van der Waals surface area contributed by atoms with Crippen LogP contribution in [-0.2, 0) is 0 Å². The highest BCUT2D eigenvalue weighted by atomic mass is 35.5. The summed E-state index contributed by atoms with van der Waals surface area (Å²) in [5.74, 6) is 0.488. The number of hydrogen-bond acceptors (Lipinski definition) is 3. The minimum atomic E-state index is -0.257. The third-order valence-electron chi connectivity index (χ3n) is 4.08. The second-order valence-corrected chi connectivity index (χ2v) is 6.67. The fourth-order valence-corrected chi connectivity index (χ4v) is 3.92. The molecule has 3 rings (SSSR count). The van der Waals surface area contributed by atoms with Crippen molar-refractivity contribution in [3.8, 4) is 0 Å². The molecule has 1 aromatic carbocycles. The van der Waals surface area contributed by atoms with Gasteiger partial charge in [0.1, 0.15) is 5.82 Å². The number of fused-ring (bicyclic) bond motifs is 1. The number of carbonyl (C=O) groups excluding carboxylic acids is 1. The number of halogens is 2. The van der Waals surface area contributed by atoms with E-state index >= 15 is 0 Å². The van der Waals surface area contributed by atoms with Crippen molar-refractivity contribution in [1.29, 1.82) is 0 Å². The maximum absolute atomic E-state index is 13.2. The Bertz CT molecular complexity index is 653. The van der Waals surface area contributed by atoms with Crippen molar-refractivity contribution >= 4 is 39.7 Å². The molecule has 0 radical (unpaired) electrons. The standard InChI is InChI=1S/C16H19FN2OS.ClH/c1-18-10-11-4-6-19(7-5-11)16(20)15-9-12-8-13(17)2-3-14(12)21-15;/h2-3,8-9,11,18H,4-7,10H2,1H3;1H. The summed E-state index contributed by atoms with van der Waals surface area (Å²) in [5, 5.41) is 4.01. The van der Waals surface area contributed by atoms with Crippen LogP contribution in [0.4, 0.5) is 4.39 Å². The van der Waals surface area contributed by atoms with Gasteiger partial charge in [0.2, 0.25) is 0 Å². The summed E-state index contributed by atoms with van der Waals surface area (Å²) >= 11 is 1.45. The quantitative estimate of drug-likeness (QED) is 0.925. The van der Waals surface area contributed by atoms with E-state index in [9.17, 15) is 9.18 Å². The molecule has 0 aliphatic carbocycles. The second kappa shape index (κ2) is 7.40. The molecule has 1 saturated heterocycles. The minimum absolute atomic E-state index is 0. The van der Waals surface area contributed by atoms with Gasteiger partial charge in [-0.1, -0.05) is 0 Å². The van der Waals surface area contributed by atoms with Crippen molar-refractivity contribution in [2.24, 2.45) is 5.92 Å². The third-order valence-corrected chi connectivity index (χ3v) is 5.19. The van der Waals surface area contributed by atoms with E-state index < -0.39 is 0 Å². The van der Waals surface area contributed by atoms with Crippen LogP contribution >= 0.6 is 23.7 Å². The molecule has 120 valence electrons. The first-order valence-corrected chi connectivity index (χ1v) is 8.12. The topological polar surface area (TPSA) is 32.3 Å². The molecule has 1 aliphatic rings. The highest BCUT2D eigenvalue weighted by Gasteiger charge is 2.24. The zero-order chi connectivity index (χ0) is 14.8. The molecule has 3 nitrogen and oxygen atoms in total. The Morgan fingerprint density at radius 2 is 2.09 bits per heavy atom. The van der Waals surface area contributed by atoms with Crippen LogP contribution in [0.2, 0.25) is 0 Å². The minimum Gasteiger partial charge on any atom is -0.338 e. The van der Waals surface area contributed by atoms with Crippen LogP contribution in [0.15, 0.2) is 24.3 Å². The number of piperidine rings is 1. The maximum atomic E-state index is 13.2. The van der Waals surface area contributed by atoms with E-state index in [1.807, 2.05) is 18.0 Å². The van der Waals surface area contributed by atoms with Gasteiger partial charge in [-0.05, 0) is 62.0 Å². The van der Waals surface area contributed by atoms with Crippen molar-refractivity contribution in [1.82, 2.24) is 10.2 Å². The number of rotatable bonds is 3. The van der Waals surface area contributed by atoms with E-state index in [0.717, 1.165) is 42.6 Å². The molecule has 0 spiro atoms. The van der Waals surface area contributed by atoms with Gasteiger partial charge in [0, 0.05) is 17.8 Å². The van der Waals surface area contributed by atoms with Gasteiger partial charge in [0.15, 0.2) is 0 Å². The van der Waals surface area contributed by atoms with Crippen molar-refractivity contribution in [2.45, 2.75) is 12.8 Å². The molecule has 1 amide bonds. The highest BCUT2D eigenvalue weighted by molar-refractivity contribution is 7.20. The Balaban J connectivity index is 0.00000176. The molecule has 22 heavy (non-hydrogen) atoms. The summed E-state index contributed by atoms with van der Waals surface area (Å²) in [7, 11) is 1.97. The number of amides is 1. The summed E-state index contributed by atoms with van der Waals surface area (Å²) in [6, 6.07) is 6.48. The van der Waals surface area contributed by atoms with E-state index in [4.69, 9.17) is 0 Å². The first-order valence-electron chi connectivity index (χ1n) is 7.30. The van der Waals surface area contributed by atoms with Gasteiger partial charge in [-0.25, -0.2) is 4.39 Å². The molecule has 1 fully saturated rings.